The summed E-state index contributed by atoms with van der Waals surface area (Å²) in [4.78, 5) is 0. The summed E-state index contributed by atoms with van der Waals surface area (Å²) in [7, 11) is 1.54. The number of hydrogen-bond acceptors (Lipinski definition) is 5. The maximum Gasteiger partial charge on any atom is 0.186 e. The quantitative estimate of drug-likeness (QED) is 0.210. The van der Waals surface area contributed by atoms with Crippen molar-refractivity contribution in [2.45, 2.75) is 44.4 Å². The van der Waals surface area contributed by atoms with Crippen molar-refractivity contribution in [2.24, 2.45) is 0 Å². The molecule has 0 radical (unpaired) electrons. The van der Waals surface area contributed by atoms with Crippen LogP contribution in [0, 0.1) is 0 Å². The van der Waals surface area contributed by atoms with Crippen LogP contribution >= 0.6 is 69.6 Å². The second kappa shape index (κ2) is 14.2. The average Bonchev–Trinajstić information content (AvgIpc) is 3.20. The summed E-state index contributed by atoms with van der Waals surface area (Å²) in [5.74, 6) is 0. The first-order chi connectivity index (χ1) is 18.2. The van der Waals surface area contributed by atoms with Gasteiger partial charge in [0.05, 0.1) is 26.4 Å². The molecule has 38 heavy (non-hydrogen) atoms. The molecule has 0 N–H and O–H groups in total. The number of methoxy groups -OCH3 is 1. The molecule has 5 nitrogen and oxygen atoms in total. The number of rotatable bonds is 11. The molecule has 0 aromatic heterocycles. The first-order valence-corrected chi connectivity index (χ1v) is 13.8. The van der Waals surface area contributed by atoms with Gasteiger partial charge in [-0.3, -0.25) is 0 Å². The van der Waals surface area contributed by atoms with Gasteiger partial charge in [-0.2, -0.15) is 0 Å². The van der Waals surface area contributed by atoms with E-state index >= 15 is 0 Å². The van der Waals surface area contributed by atoms with Crippen LogP contribution < -0.4 is 0 Å². The topological polar surface area (TPSA) is 46.2 Å². The van der Waals surface area contributed by atoms with Crippen molar-refractivity contribution in [2.75, 3.05) is 13.7 Å². The van der Waals surface area contributed by atoms with Crippen molar-refractivity contribution >= 4 is 69.6 Å². The first kappa shape index (κ1) is 30.2. The van der Waals surface area contributed by atoms with Gasteiger partial charge in [-0.15, -0.1) is 0 Å². The number of halogens is 6. The number of ether oxygens (including phenoxy) is 5. The fourth-order valence-electron chi connectivity index (χ4n) is 3.97. The average molecular weight is 641 g/mol. The SMILES string of the molecule is CO[C@@H]1OC(COCc2ccc(Cl)cc2Cl)C(OCc2ccc(Cl)cc2Cl)C1OCc1ccc(Cl)cc1Cl. The van der Waals surface area contributed by atoms with E-state index < -0.39 is 24.6 Å². The molecule has 0 amide bonds. The molecule has 1 aliphatic rings. The lowest BCUT2D eigenvalue weighted by atomic mass is 10.1. The number of hydrogen-bond donors (Lipinski definition) is 0. The monoisotopic (exact) mass is 638 g/mol. The Bertz CT molecular complexity index is 1240. The highest BCUT2D eigenvalue weighted by molar-refractivity contribution is 6.36. The lowest BCUT2D eigenvalue weighted by Gasteiger charge is -2.25. The minimum atomic E-state index is -0.709. The standard InChI is InChI=1S/C27H24Cl6O5/c1-34-27-26(37-13-17-4-7-20(30)10-23(17)33)25(36-12-16-3-6-19(29)9-22(16)32)24(38-27)14-35-11-15-2-5-18(28)8-21(15)31/h2-10,24-27H,11-14H2,1H3/t24?,25?,26?,27-/m1/s1. The van der Waals surface area contributed by atoms with Crippen LogP contribution in [0.3, 0.4) is 0 Å². The van der Waals surface area contributed by atoms with E-state index in [1.54, 1.807) is 43.5 Å². The van der Waals surface area contributed by atoms with Crippen LogP contribution in [0.1, 0.15) is 16.7 Å². The van der Waals surface area contributed by atoms with Crippen LogP contribution in [0.5, 0.6) is 0 Å². The molecule has 0 saturated carbocycles. The zero-order chi connectivity index (χ0) is 27.2. The normalized spacial score (nSPS) is 21.2. The second-order valence-corrected chi connectivity index (χ2v) is 11.1. The van der Waals surface area contributed by atoms with E-state index in [1.165, 1.54) is 0 Å². The molecule has 204 valence electrons. The second-order valence-electron chi connectivity index (χ2n) is 8.55. The molecule has 4 rings (SSSR count). The van der Waals surface area contributed by atoms with Crippen LogP contribution in [0.4, 0.5) is 0 Å². The summed E-state index contributed by atoms with van der Waals surface area (Å²) in [6, 6.07) is 15.7. The fraction of sp³-hybridized carbons (Fsp3) is 0.333. The van der Waals surface area contributed by atoms with E-state index in [4.69, 9.17) is 93.3 Å². The Kier molecular flexibility index (Phi) is 11.3. The first-order valence-electron chi connectivity index (χ1n) is 11.6. The van der Waals surface area contributed by atoms with Crippen LogP contribution in [-0.4, -0.2) is 38.3 Å². The summed E-state index contributed by atoms with van der Waals surface area (Å²) in [6.45, 7) is 0.843. The Balaban J connectivity index is 1.49. The summed E-state index contributed by atoms with van der Waals surface area (Å²) < 4.78 is 30.2. The molecule has 4 atom stereocenters. The van der Waals surface area contributed by atoms with Gasteiger partial charge in [-0.1, -0.05) is 87.8 Å². The molecule has 0 aliphatic carbocycles. The summed E-state index contributed by atoms with van der Waals surface area (Å²) in [6.07, 6.45) is -2.37. The summed E-state index contributed by atoms with van der Waals surface area (Å²) >= 11 is 37.1. The molecular weight excluding hydrogens is 617 g/mol. The highest BCUT2D eigenvalue weighted by atomic mass is 35.5. The van der Waals surface area contributed by atoms with E-state index in [1.807, 2.05) is 18.2 Å². The molecule has 0 bridgehead atoms. The lowest BCUT2D eigenvalue weighted by Crippen LogP contribution is -2.39. The molecule has 1 heterocycles. The van der Waals surface area contributed by atoms with Gasteiger partial charge in [0.1, 0.15) is 18.3 Å². The maximum atomic E-state index is 6.37. The predicted molar refractivity (Wildman–Crippen MR) is 152 cm³/mol. The Morgan fingerprint density at radius 1 is 0.632 bits per heavy atom. The van der Waals surface area contributed by atoms with Crippen molar-refractivity contribution in [3.63, 3.8) is 0 Å². The van der Waals surface area contributed by atoms with Crippen molar-refractivity contribution < 1.29 is 23.7 Å². The zero-order valence-electron chi connectivity index (χ0n) is 20.1. The third kappa shape index (κ3) is 7.90. The highest BCUT2D eigenvalue weighted by Gasteiger charge is 2.47. The van der Waals surface area contributed by atoms with E-state index in [9.17, 15) is 0 Å². The molecule has 3 aromatic carbocycles. The van der Waals surface area contributed by atoms with Crippen LogP contribution in [0.25, 0.3) is 0 Å². The van der Waals surface area contributed by atoms with Gasteiger partial charge in [-0.25, -0.2) is 0 Å². The molecule has 3 aromatic rings. The third-order valence-electron chi connectivity index (χ3n) is 5.95. The summed E-state index contributed by atoms with van der Waals surface area (Å²) in [5.41, 5.74) is 2.33. The Morgan fingerprint density at radius 2 is 1.08 bits per heavy atom. The van der Waals surface area contributed by atoms with Gasteiger partial charge in [-0.05, 0) is 53.1 Å². The van der Waals surface area contributed by atoms with Crippen molar-refractivity contribution in [3.05, 3.63) is 101 Å². The van der Waals surface area contributed by atoms with E-state index in [0.717, 1.165) is 16.7 Å². The van der Waals surface area contributed by atoms with Crippen LogP contribution in [0.2, 0.25) is 30.1 Å². The maximum absolute atomic E-state index is 6.37. The van der Waals surface area contributed by atoms with Gasteiger partial charge >= 0.3 is 0 Å². The minimum Gasteiger partial charge on any atom is -0.374 e. The lowest BCUT2D eigenvalue weighted by molar-refractivity contribution is -0.170. The minimum absolute atomic E-state index is 0.194. The third-order valence-corrected chi connectivity index (χ3v) is 7.71. The van der Waals surface area contributed by atoms with Crippen molar-refractivity contribution in [1.82, 2.24) is 0 Å². The van der Waals surface area contributed by atoms with Crippen molar-refractivity contribution in [3.8, 4) is 0 Å². The van der Waals surface area contributed by atoms with Gasteiger partial charge in [0.25, 0.3) is 0 Å². The van der Waals surface area contributed by atoms with Gasteiger partial charge < -0.3 is 23.7 Å². The smallest absolute Gasteiger partial charge is 0.186 e. The van der Waals surface area contributed by atoms with Gasteiger partial charge in [0.15, 0.2) is 6.29 Å². The molecule has 0 spiro atoms. The molecule has 1 aliphatic heterocycles. The molecule has 1 saturated heterocycles. The van der Waals surface area contributed by atoms with Gasteiger partial charge in [0, 0.05) is 37.2 Å². The molecular formula is C27H24Cl6O5. The van der Waals surface area contributed by atoms with Crippen molar-refractivity contribution in [1.29, 1.82) is 0 Å². The van der Waals surface area contributed by atoms with E-state index in [0.29, 0.717) is 30.1 Å². The molecule has 3 unspecified atom stereocenters. The van der Waals surface area contributed by atoms with E-state index in [2.05, 4.69) is 0 Å². The highest BCUT2D eigenvalue weighted by Crippen LogP contribution is 2.32. The number of benzene rings is 3. The zero-order valence-corrected chi connectivity index (χ0v) is 24.7. The molecule has 1 fully saturated rings. The van der Waals surface area contributed by atoms with Crippen LogP contribution in [0.15, 0.2) is 54.6 Å². The summed E-state index contributed by atoms with van der Waals surface area (Å²) in [5, 5.41) is 3.14. The Hall–Kier alpha value is -0.800. The van der Waals surface area contributed by atoms with Crippen LogP contribution in [-0.2, 0) is 43.5 Å². The fourth-order valence-corrected chi connectivity index (χ4v) is 5.36. The predicted octanol–water partition coefficient (Wildman–Crippen LogP) is 8.67. The largest absolute Gasteiger partial charge is 0.374 e. The van der Waals surface area contributed by atoms with Gasteiger partial charge in [0.2, 0.25) is 0 Å². The molecule has 11 heteroatoms. The van der Waals surface area contributed by atoms with E-state index in [-0.39, 0.29) is 26.4 Å². The Morgan fingerprint density at radius 3 is 1.53 bits per heavy atom. The Labute approximate surface area is 251 Å².